The van der Waals surface area contributed by atoms with Crippen LogP contribution in [0.1, 0.15) is 42.2 Å². The highest BCUT2D eigenvalue weighted by Gasteiger charge is 2.34. The average molecular weight is 304 g/mol. The summed E-state index contributed by atoms with van der Waals surface area (Å²) in [6.45, 7) is 3.81. The number of H-pyrrole nitrogens is 1. The van der Waals surface area contributed by atoms with Gasteiger partial charge in [-0.25, -0.2) is 9.50 Å². The topological polar surface area (TPSA) is 99.5 Å². The van der Waals surface area contributed by atoms with E-state index in [9.17, 15) is 14.7 Å². The highest BCUT2D eigenvalue weighted by Crippen LogP contribution is 2.31. The molecule has 2 aromatic rings. The summed E-state index contributed by atoms with van der Waals surface area (Å²) in [5.74, 6) is -0.136. The van der Waals surface area contributed by atoms with Gasteiger partial charge in [-0.2, -0.15) is 0 Å². The standard InChI is InChI=1S/C15H20N4O3/c1-3-12(9-5-10(20)6-9)17-14(21)11-7-16-13-4-8(2)18-19(13)15(11)22/h4,7,9-10,12,18,20H,3,5-6H2,1-2H3,(H,17,21)/t9?,10?,12-/m1/s1. The quantitative estimate of drug-likeness (QED) is 0.770. The number of carbonyl (C=O) groups excluding carboxylic acids is 1. The van der Waals surface area contributed by atoms with E-state index in [1.165, 1.54) is 10.7 Å². The zero-order valence-corrected chi connectivity index (χ0v) is 12.7. The molecule has 2 aromatic heterocycles. The number of aryl methyl sites for hydroxylation is 1. The Morgan fingerprint density at radius 1 is 1.59 bits per heavy atom. The molecule has 1 amide bonds. The maximum absolute atomic E-state index is 12.4. The number of aliphatic hydroxyl groups excluding tert-OH is 1. The second-order valence-electron chi connectivity index (χ2n) is 5.98. The molecule has 22 heavy (non-hydrogen) atoms. The lowest BCUT2D eigenvalue weighted by Gasteiger charge is -2.37. The third kappa shape index (κ3) is 2.52. The van der Waals surface area contributed by atoms with E-state index in [0.717, 1.165) is 12.1 Å². The number of hydrogen-bond donors (Lipinski definition) is 3. The summed E-state index contributed by atoms with van der Waals surface area (Å²) < 4.78 is 1.28. The SMILES string of the molecule is CC[C@@H](NC(=O)c1cnc2cc(C)[nH]n2c1=O)C1CC(O)C1. The van der Waals surface area contributed by atoms with Gasteiger partial charge in [-0.15, -0.1) is 0 Å². The molecular formula is C15H20N4O3. The zero-order chi connectivity index (χ0) is 15.9. The Bertz CT molecular complexity index is 758. The molecule has 0 saturated heterocycles. The number of fused-ring (bicyclic) bond motifs is 1. The van der Waals surface area contributed by atoms with Crippen LogP contribution in [0.5, 0.6) is 0 Å². The highest BCUT2D eigenvalue weighted by molar-refractivity contribution is 5.93. The first-order valence-corrected chi connectivity index (χ1v) is 7.56. The maximum atomic E-state index is 12.4. The monoisotopic (exact) mass is 304 g/mol. The Kier molecular flexibility index (Phi) is 3.74. The first kappa shape index (κ1) is 14.8. The minimum absolute atomic E-state index is 0.0256. The molecule has 0 radical (unpaired) electrons. The minimum atomic E-state index is -0.410. The molecule has 3 rings (SSSR count). The second kappa shape index (κ2) is 5.57. The lowest BCUT2D eigenvalue weighted by Crippen LogP contribution is -2.47. The van der Waals surface area contributed by atoms with Gasteiger partial charge in [-0.05, 0) is 32.1 Å². The van der Waals surface area contributed by atoms with Crippen molar-refractivity contribution >= 4 is 11.6 Å². The fraction of sp³-hybridized carbons (Fsp3) is 0.533. The number of nitrogens with zero attached hydrogens (tertiary/aromatic N) is 2. The smallest absolute Gasteiger partial charge is 0.285 e. The van der Waals surface area contributed by atoms with Crippen molar-refractivity contribution in [2.45, 2.75) is 45.3 Å². The van der Waals surface area contributed by atoms with Crippen molar-refractivity contribution in [1.82, 2.24) is 19.9 Å². The molecule has 0 aliphatic heterocycles. The zero-order valence-electron chi connectivity index (χ0n) is 12.7. The van der Waals surface area contributed by atoms with E-state index < -0.39 is 11.5 Å². The second-order valence-corrected chi connectivity index (χ2v) is 5.98. The molecule has 1 saturated carbocycles. The van der Waals surface area contributed by atoms with Crippen molar-refractivity contribution in [2.24, 2.45) is 5.92 Å². The van der Waals surface area contributed by atoms with Crippen molar-refractivity contribution in [2.75, 3.05) is 0 Å². The Labute approximate surface area is 127 Å². The minimum Gasteiger partial charge on any atom is -0.393 e. The fourth-order valence-electron chi connectivity index (χ4n) is 2.99. The van der Waals surface area contributed by atoms with Crippen LogP contribution in [0, 0.1) is 12.8 Å². The molecule has 0 unspecified atom stereocenters. The van der Waals surface area contributed by atoms with Gasteiger partial charge in [0.2, 0.25) is 0 Å². The van der Waals surface area contributed by atoms with Crippen LogP contribution < -0.4 is 10.9 Å². The van der Waals surface area contributed by atoms with Crippen molar-refractivity contribution in [3.8, 4) is 0 Å². The van der Waals surface area contributed by atoms with E-state index >= 15 is 0 Å². The summed E-state index contributed by atoms with van der Waals surface area (Å²) in [5, 5.41) is 15.2. The van der Waals surface area contributed by atoms with E-state index in [-0.39, 0.29) is 23.6 Å². The molecule has 1 atom stereocenters. The summed E-state index contributed by atoms with van der Waals surface area (Å²) in [6, 6.07) is 1.72. The Morgan fingerprint density at radius 3 is 2.95 bits per heavy atom. The molecule has 0 bridgehead atoms. The van der Waals surface area contributed by atoms with Crippen LogP contribution in [0.4, 0.5) is 0 Å². The summed E-state index contributed by atoms with van der Waals surface area (Å²) in [7, 11) is 0. The van der Waals surface area contributed by atoms with Gasteiger partial charge < -0.3 is 10.4 Å². The summed E-state index contributed by atoms with van der Waals surface area (Å²) in [5.41, 5.74) is 0.919. The van der Waals surface area contributed by atoms with Gasteiger partial charge in [0.25, 0.3) is 11.5 Å². The largest absolute Gasteiger partial charge is 0.393 e. The van der Waals surface area contributed by atoms with Gasteiger partial charge in [-0.1, -0.05) is 6.92 Å². The molecule has 1 aliphatic carbocycles. The molecule has 3 N–H and O–H groups in total. The van der Waals surface area contributed by atoms with E-state index in [0.29, 0.717) is 18.5 Å². The Balaban J connectivity index is 1.82. The van der Waals surface area contributed by atoms with E-state index in [1.54, 1.807) is 6.07 Å². The maximum Gasteiger partial charge on any atom is 0.285 e. The summed E-state index contributed by atoms with van der Waals surface area (Å²) in [4.78, 5) is 28.9. The van der Waals surface area contributed by atoms with Gasteiger partial charge >= 0.3 is 0 Å². The predicted octanol–water partition coefficient (Wildman–Crippen LogP) is 0.610. The molecule has 2 heterocycles. The fourth-order valence-corrected chi connectivity index (χ4v) is 2.99. The van der Waals surface area contributed by atoms with Crippen LogP contribution >= 0.6 is 0 Å². The first-order valence-electron chi connectivity index (χ1n) is 7.56. The molecule has 7 nitrogen and oxygen atoms in total. The first-order chi connectivity index (χ1) is 10.5. The van der Waals surface area contributed by atoms with Crippen LogP contribution in [-0.4, -0.2) is 37.8 Å². The van der Waals surface area contributed by atoms with Crippen molar-refractivity contribution in [3.63, 3.8) is 0 Å². The van der Waals surface area contributed by atoms with Crippen molar-refractivity contribution in [3.05, 3.63) is 33.9 Å². The Hall–Kier alpha value is -2.15. The van der Waals surface area contributed by atoms with E-state index in [4.69, 9.17) is 0 Å². The molecule has 118 valence electrons. The number of aromatic amines is 1. The highest BCUT2D eigenvalue weighted by atomic mass is 16.3. The molecule has 0 aromatic carbocycles. The van der Waals surface area contributed by atoms with Gasteiger partial charge in [0.05, 0.1) is 6.10 Å². The molecule has 1 aliphatic rings. The van der Waals surface area contributed by atoms with Crippen molar-refractivity contribution < 1.29 is 9.90 Å². The third-order valence-electron chi connectivity index (χ3n) is 4.34. The van der Waals surface area contributed by atoms with Crippen LogP contribution in [0.2, 0.25) is 0 Å². The number of hydrogen-bond acceptors (Lipinski definition) is 4. The molecule has 0 spiro atoms. The van der Waals surface area contributed by atoms with Gasteiger partial charge in [0, 0.05) is 24.0 Å². The van der Waals surface area contributed by atoms with Gasteiger partial charge in [0.15, 0.2) is 5.65 Å². The lowest BCUT2D eigenvalue weighted by molar-refractivity contribution is 0.0232. The van der Waals surface area contributed by atoms with E-state index in [2.05, 4.69) is 15.4 Å². The number of aromatic nitrogens is 3. The molecule has 7 heteroatoms. The molecular weight excluding hydrogens is 284 g/mol. The normalized spacial score (nSPS) is 22.3. The number of aliphatic hydroxyl groups is 1. The number of rotatable bonds is 4. The average Bonchev–Trinajstić information content (AvgIpc) is 2.83. The third-order valence-corrected chi connectivity index (χ3v) is 4.34. The van der Waals surface area contributed by atoms with Gasteiger partial charge in [-0.3, -0.25) is 14.7 Å². The van der Waals surface area contributed by atoms with Crippen LogP contribution in [0.15, 0.2) is 17.1 Å². The number of carbonyl (C=O) groups is 1. The number of amides is 1. The molecule has 1 fully saturated rings. The van der Waals surface area contributed by atoms with E-state index in [1.807, 2.05) is 13.8 Å². The summed E-state index contributed by atoms with van der Waals surface area (Å²) in [6.07, 6.45) is 3.22. The van der Waals surface area contributed by atoms with Crippen molar-refractivity contribution in [1.29, 1.82) is 0 Å². The Morgan fingerprint density at radius 2 is 2.32 bits per heavy atom. The summed E-state index contributed by atoms with van der Waals surface area (Å²) >= 11 is 0. The van der Waals surface area contributed by atoms with Crippen LogP contribution in [-0.2, 0) is 0 Å². The number of nitrogens with one attached hydrogen (secondary N) is 2. The van der Waals surface area contributed by atoms with Gasteiger partial charge in [0.1, 0.15) is 5.56 Å². The van der Waals surface area contributed by atoms with Crippen LogP contribution in [0.3, 0.4) is 0 Å². The van der Waals surface area contributed by atoms with Crippen LogP contribution in [0.25, 0.3) is 5.65 Å². The lowest BCUT2D eigenvalue weighted by atomic mass is 9.76. The predicted molar refractivity (Wildman–Crippen MR) is 80.8 cm³/mol.